The van der Waals surface area contributed by atoms with Crippen LogP contribution in [0.5, 0.6) is 0 Å². The molecule has 134 valence electrons. The van der Waals surface area contributed by atoms with E-state index < -0.39 is 10.0 Å². The molecule has 1 saturated heterocycles. The van der Waals surface area contributed by atoms with Gasteiger partial charge in [0.25, 0.3) is 5.91 Å². The minimum absolute atomic E-state index is 0.159. The Morgan fingerprint density at radius 3 is 2.58 bits per heavy atom. The lowest BCUT2D eigenvalue weighted by Crippen LogP contribution is -2.50. The van der Waals surface area contributed by atoms with Crippen LogP contribution in [0.2, 0.25) is 0 Å². The van der Waals surface area contributed by atoms with E-state index in [4.69, 9.17) is 4.42 Å². The molecular weight excluding hydrogens is 356 g/mol. The Morgan fingerprint density at radius 1 is 1.04 bits per heavy atom. The van der Waals surface area contributed by atoms with Crippen molar-refractivity contribution in [2.45, 2.75) is 4.90 Å². The van der Waals surface area contributed by atoms with Crippen molar-refractivity contribution in [1.29, 1.82) is 0 Å². The van der Waals surface area contributed by atoms with Gasteiger partial charge in [-0.3, -0.25) is 9.78 Å². The summed E-state index contributed by atoms with van der Waals surface area (Å²) in [5.74, 6) is -0.189. The van der Waals surface area contributed by atoms with Crippen molar-refractivity contribution in [2.75, 3.05) is 26.2 Å². The SMILES string of the molecule is O=C(c1ccccn1)N1CCN(S(=O)(=O)c2ccc3ncoc3c2)CC1. The van der Waals surface area contributed by atoms with E-state index in [1.165, 1.54) is 22.8 Å². The Kier molecular flexibility index (Phi) is 4.17. The molecule has 26 heavy (non-hydrogen) atoms. The molecule has 4 rings (SSSR count). The molecule has 3 heterocycles. The molecule has 0 bridgehead atoms. The predicted molar refractivity (Wildman–Crippen MR) is 92.9 cm³/mol. The molecule has 1 amide bonds. The number of piperazine rings is 1. The predicted octanol–water partition coefficient (Wildman–Crippen LogP) is 1.37. The monoisotopic (exact) mass is 372 g/mol. The molecule has 8 nitrogen and oxygen atoms in total. The van der Waals surface area contributed by atoms with E-state index >= 15 is 0 Å². The number of hydrogen-bond acceptors (Lipinski definition) is 6. The second-order valence-electron chi connectivity index (χ2n) is 5.89. The van der Waals surface area contributed by atoms with Crippen LogP contribution >= 0.6 is 0 Å². The second kappa shape index (κ2) is 6.50. The summed E-state index contributed by atoms with van der Waals surface area (Å²) >= 11 is 0. The zero-order valence-electron chi connectivity index (χ0n) is 13.8. The summed E-state index contributed by atoms with van der Waals surface area (Å²) in [5, 5.41) is 0. The first kappa shape index (κ1) is 16.7. The van der Waals surface area contributed by atoms with E-state index in [0.29, 0.717) is 29.9 Å². The number of carbonyl (C=O) groups excluding carboxylic acids is 1. The van der Waals surface area contributed by atoms with Gasteiger partial charge >= 0.3 is 0 Å². The summed E-state index contributed by atoms with van der Waals surface area (Å²) in [7, 11) is -3.65. The molecule has 9 heteroatoms. The van der Waals surface area contributed by atoms with Gasteiger partial charge in [0.15, 0.2) is 12.0 Å². The van der Waals surface area contributed by atoms with Gasteiger partial charge in [-0.2, -0.15) is 4.31 Å². The molecule has 3 aromatic rings. The van der Waals surface area contributed by atoms with Crippen molar-refractivity contribution >= 4 is 27.0 Å². The van der Waals surface area contributed by atoms with Gasteiger partial charge < -0.3 is 9.32 Å². The number of oxazole rings is 1. The van der Waals surface area contributed by atoms with Crippen molar-refractivity contribution in [1.82, 2.24) is 19.2 Å². The molecule has 0 saturated carbocycles. The fraction of sp³-hybridized carbons (Fsp3) is 0.235. The third-order valence-electron chi connectivity index (χ3n) is 4.35. The molecule has 0 atom stereocenters. The maximum Gasteiger partial charge on any atom is 0.272 e. The molecule has 1 aliphatic heterocycles. The smallest absolute Gasteiger partial charge is 0.272 e. The quantitative estimate of drug-likeness (QED) is 0.689. The third-order valence-corrected chi connectivity index (χ3v) is 6.25. The fourth-order valence-electron chi connectivity index (χ4n) is 2.93. The van der Waals surface area contributed by atoms with E-state index in [1.807, 2.05) is 0 Å². The average molecular weight is 372 g/mol. The number of fused-ring (bicyclic) bond motifs is 1. The van der Waals surface area contributed by atoms with Crippen molar-refractivity contribution in [3.63, 3.8) is 0 Å². The minimum atomic E-state index is -3.65. The van der Waals surface area contributed by atoms with Crippen molar-refractivity contribution in [2.24, 2.45) is 0 Å². The highest BCUT2D eigenvalue weighted by atomic mass is 32.2. The Hall–Kier alpha value is -2.78. The van der Waals surface area contributed by atoms with Gasteiger partial charge in [-0.25, -0.2) is 13.4 Å². The first-order valence-corrected chi connectivity index (χ1v) is 9.53. The largest absolute Gasteiger partial charge is 0.443 e. The number of pyridine rings is 1. The summed E-state index contributed by atoms with van der Waals surface area (Å²) in [6.45, 7) is 1.10. The van der Waals surface area contributed by atoms with Crippen LogP contribution < -0.4 is 0 Å². The Morgan fingerprint density at radius 2 is 1.85 bits per heavy atom. The van der Waals surface area contributed by atoms with Crippen molar-refractivity contribution in [3.8, 4) is 0 Å². The van der Waals surface area contributed by atoms with Gasteiger partial charge in [0.1, 0.15) is 11.2 Å². The van der Waals surface area contributed by atoms with Crippen LogP contribution in [0.3, 0.4) is 0 Å². The molecule has 0 unspecified atom stereocenters. The van der Waals surface area contributed by atoms with Crippen LogP contribution in [0.1, 0.15) is 10.5 Å². The fourth-order valence-corrected chi connectivity index (χ4v) is 4.37. The summed E-state index contributed by atoms with van der Waals surface area (Å²) in [6, 6.07) is 9.76. The van der Waals surface area contributed by atoms with E-state index in [0.717, 1.165) is 0 Å². The van der Waals surface area contributed by atoms with Crippen molar-refractivity contribution < 1.29 is 17.6 Å². The molecule has 1 fully saturated rings. The summed E-state index contributed by atoms with van der Waals surface area (Å²) in [5.41, 5.74) is 1.39. The van der Waals surface area contributed by atoms with Crippen LogP contribution in [0.4, 0.5) is 0 Å². The van der Waals surface area contributed by atoms with E-state index in [-0.39, 0.29) is 23.9 Å². The van der Waals surface area contributed by atoms with Crippen LogP contribution in [-0.4, -0.2) is 59.7 Å². The Bertz CT molecular complexity index is 1040. The molecule has 2 aromatic heterocycles. The number of amides is 1. The normalized spacial score (nSPS) is 16.1. The summed E-state index contributed by atoms with van der Waals surface area (Å²) < 4.78 is 32.3. The molecule has 0 radical (unpaired) electrons. The third kappa shape index (κ3) is 2.95. The zero-order valence-corrected chi connectivity index (χ0v) is 14.6. The van der Waals surface area contributed by atoms with Crippen LogP contribution in [0.15, 0.2) is 58.3 Å². The molecule has 1 aliphatic rings. The van der Waals surface area contributed by atoms with Gasteiger partial charge in [-0.1, -0.05) is 6.07 Å². The highest BCUT2D eigenvalue weighted by molar-refractivity contribution is 7.89. The second-order valence-corrected chi connectivity index (χ2v) is 7.83. The van der Waals surface area contributed by atoms with Crippen LogP contribution in [-0.2, 0) is 10.0 Å². The number of hydrogen-bond donors (Lipinski definition) is 0. The van der Waals surface area contributed by atoms with Gasteiger partial charge in [0.05, 0.1) is 4.90 Å². The van der Waals surface area contributed by atoms with E-state index in [1.54, 1.807) is 35.4 Å². The van der Waals surface area contributed by atoms with E-state index in [2.05, 4.69) is 9.97 Å². The highest BCUT2D eigenvalue weighted by Crippen LogP contribution is 2.22. The molecule has 0 spiro atoms. The lowest BCUT2D eigenvalue weighted by atomic mass is 10.3. The van der Waals surface area contributed by atoms with Gasteiger partial charge in [-0.15, -0.1) is 0 Å². The molecular formula is C17H16N4O4S. The summed E-state index contributed by atoms with van der Waals surface area (Å²) in [6.07, 6.45) is 2.84. The Labute approximate surface area is 150 Å². The first-order chi connectivity index (χ1) is 12.6. The highest BCUT2D eigenvalue weighted by Gasteiger charge is 2.31. The van der Waals surface area contributed by atoms with Crippen LogP contribution in [0.25, 0.3) is 11.1 Å². The Balaban J connectivity index is 1.49. The van der Waals surface area contributed by atoms with Gasteiger partial charge in [0, 0.05) is 38.4 Å². The number of carbonyl (C=O) groups is 1. The maximum atomic E-state index is 12.8. The number of rotatable bonds is 3. The van der Waals surface area contributed by atoms with Crippen molar-refractivity contribution in [3.05, 3.63) is 54.7 Å². The van der Waals surface area contributed by atoms with E-state index in [9.17, 15) is 13.2 Å². The minimum Gasteiger partial charge on any atom is -0.443 e. The van der Waals surface area contributed by atoms with Gasteiger partial charge in [0.2, 0.25) is 10.0 Å². The topological polar surface area (TPSA) is 96.6 Å². The lowest BCUT2D eigenvalue weighted by Gasteiger charge is -2.33. The standard InChI is InChI=1S/C17H16N4O4S/c22-17(15-3-1-2-6-18-15)20-7-9-21(10-8-20)26(23,24)13-4-5-14-16(11-13)25-12-19-14/h1-6,11-12H,7-10H2. The lowest BCUT2D eigenvalue weighted by molar-refractivity contribution is 0.0692. The first-order valence-electron chi connectivity index (χ1n) is 8.09. The number of nitrogens with zero attached hydrogens (tertiary/aromatic N) is 4. The number of aromatic nitrogens is 2. The number of benzene rings is 1. The number of sulfonamides is 1. The molecule has 0 N–H and O–H groups in total. The van der Waals surface area contributed by atoms with Gasteiger partial charge in [-0.05, 0) is 24.3 Å². The molecule has 1 aromatic carbocycles. The summed E-state index contributed by atoms with van der Waals surface area (Å²) in [4.78, 5) is 22.2. The maximum absolute atomic E-state index is 12.8. The molecule has 0 aliphatic carbocycles. The zero-order chi connectivity index (χ0) is 18.1. The van der Waals surface area contributed by atoms with Crippen LogP contribution in [0, 0.1) is 0 Å². The average Bonchev–Trinajstić information content (AvgIpc) is 3.16.